The van der Waals surface area contributed by atoms with Gasteiger partial charge in [-0.25, -0.2) is 0 Å². The van der Waals surface area contributed by atoms with E-state index in [4.69, 9.17) is 45.9 Å². The summed E-state index contributed by atoms with van der Waals surface area (Å²) >= 11 is 4.11. The Bertz CT molecular complexity index is 1250. The van der Waals surface area contributed by atoms with Gasteiger partial charge in [-0.05, 0) is 64.3 Å². The van der Waals surface area contributed by atoms with E-state index in [1.54, 1.807) is 0 Å². The minimum atomic E-state index is -1.26. The largest absolute Gasteiger partial charge is 0.370 e. The fourth-order valence-corrected chi connectivity index (χ4v) is 4.88. The van der Waals surface area contributed by atoms with E-state index in [-0.39, 0.29) is 88.2 Å². The molecule has 0 aliphatic heterocycles. The summed E-state index contributed by atoms with van der Waals surface area (Å²) in [5.74, 6) is -4.78. The fraction of sp³-hybridized carbons (Fsp3) is 0.690. The molecule has 0 rings (SSSR count). The van der Waals surface area contributed by atoms with Crippen molar-refractivity contribution in [2.45, 2.75) is 94.9 Å². The highest BCUT2D eigenvalue weighted by molar-refractivity contribution is 7.80. The summed E-state index contributed by atoms with van der Waals surface area (Å²) in [6.07, 6.45) is 2.11. The van der Waals surface area contributed by atoms with Crippen LogP contribution >= 0.6 is 12.6 Å². The van der Waals surface area contributed by atoms with Gasteiger partial charge in [0.15, 0.2) is 17.9 Å². The van der Waals surface area contributed by atoms with Crippen LogP contribution in [0.2, 0.25) is 0 Å². The van der Waals surface area contributed by atoms with Crippen molar-refractivity contribution in [3.05, 3.63) is 0 Å². The summed E-state index contributed by atoms with van der Waals surface area (Å²) in [6, 6.07) is -5.79. The number of carbonyl (C=O) groups excluding carboxylic acids is 6. The second-order valence-electron chi connectivity index (χ2n) is 11.7. The second-order valence-corrected chi connectivity index (χ2v) is 12.1. The van der Waals surface area contributed by atoms with Gasteiger partial charge in [-0.2, -0.15) is 12.6 Å². The lowest BCUT2D eigenvalue weighted by Gasteiger charge is -2.27. The van der Waals surface area contributed by atoms with Gasteiger partial charge < -0.3 is 72.5 Å². The molecule has 0 bridgehead atoms. The molecule has 0 aliphatic carbocycles. The third-order valence-electron chi connectivity index (χ3n) is 7.22. The van der Waals surface area contributed by atoms with Crippen LogP contribution < -0.4 is 72.5 Å². The Kier molecular flexibility index (Phi) is 24.1. The summed E-state index contributed by atoms with van der Waals surface area (Å²) < 4.78 is 0. The molecule has 5 atom stereocenters. The topological polar surface area (TPSA) is 408 Å². The Morgan fingerprint density at radius 3 is 1.12 bits per heavy atom. The van der Waals surface area contributed by atoms with Gasteiger partial charge in [0, 0.05) is 32.3 Å². The molecule has 5 unspecified atom stereocenters. The highest BCUT2D eigenvalue weighted by Crippen LogP contribution is 2.08. The molecule has 21 N–H and O–H groups in total. The number of hydrogen-bond acceptors (Lipinski definition) is 11. The van der Waals surface area contributed by atoms with Gasteiger partial charge in [0.25, 0.3) is 0 Å². The molecule has 6 amide bonds. The lowest BCUT2D eigenvalue weighted by molar-refractivity contribution is -0.135. The van der Waals surface area contributed by atoms with Crippen LogP contribution in [0.5, 0.6) is 0 Å². The number of nitrogens with zero attached hydrogens (tertiary/aromatic N) is 3. The zero-order chi connectivity index (χ0) is 39.6. The second kappa shape index (κ2) is 26.7. The van der Waals surface area contributed by atoms with E-state index in [1.807, 2.05) is 0 Å². The van der Waals surface area contributed by atoms with Crippen molar-refractivity contribution in [1.29, 1.82) is 0 Å². The van der Waals surface area contributed by atoms with E-state index in [0.29, 0.717) is 19.4 Å². The summed E-state index contributed by atoms with van der Waals surface area (Å²) in [5.41, 5.74) is 43.5. The first-order valence-corrected chi connectivity index (χ1v) is 17.4. The lowest BCUT2D eigenvalue weighted by atomic mass is 10.0. The monoisotopic (exact) mass is 758 g/mol. The van der Waals surface area contributed by atoms with Crippen LogP contribution in [-0.4, -0.2) is 115 Å². The predicted molar refractivity (Wildman–Crippen MR) is 201 cm³/mol. The standard InChI is InChI=1S/C29H58N16O6S/c1-16(46)41-21(15-52)26(51)45-20(10-6-14-40-29(36)37)25(50)44-19(9-5-13-39-28(34)35)24(49)43-18(8-4-12-38-27(32)33)23(48)42-17(22(31)47)7-2-3-11-30/h17-21,52H,2-15,30H2,1H3,(H2,31,47)(H,41,46)(H,42,48)(H,43,49)(H,44,50)(H,45,51)(H4,32,33,38)(H4,34,35,39)(H4,36,37,40). The minimum Gasteiger partial charge on any atom is -0.370 e. The predicted octanol–water partition coefficient (Wildman–Crippen LogP) is -5.86. The van der Waals surface area contributed by atoms with Crippen LogP contribution in [0, 0.1) is 0 Å². The van der Waals surface area contributed by atoms with E-state index in [0.717, 1.165) is 0 Å². The maximum absolute atomic E-state index is 13.8. The molecule has 23 heteroatoms. The number of aliphatic imine (C=N–C) groups is 3. The number of nitrogens with two attached hydrogens (primary N) is 8. The van der Waals surface area contributed by atoms with Gasteiger partial charge in [0.05, 0.1) is 0 Å². The van der Waals surface area contributed by atoms with Crippen molar-refractivity contribution in [2.24, 2.45) is 60.8 Å². The summed E-state index contributed by atoms with van der Waals surface area (Å²) in [4.78, 5) is 89.4. The molecule has 0 aromatic heterocycles. The van der Waals surface area contributed by atoms with Gasteiger partial charge in [-0.3, -0.25) is 43.7 Å². The number of thiol groups is 1. The van der Waals surface area contributed by atoms with Gasteiger partial charge in [0.1, 0.15) is 30.2 Å². The highest BCUT2D eigenvalue weighted by Gasteiger charge is 2.31. The molecule has 0 spiro atoms. The Hall–Kier alpha value is -5.06. The molecule has 0 saturated carbocycles. The van der Waals surface area contributed by atoms with Crippen molar-refractivity contribution in [3.8, 4) is 0 Å². The van der Waals surface area contributed by atoms with Crippen molar-refractivity contribution in [2.75, 3.05) is 31.9 Å². The van der Waals surface area contributed by atoms with E-state index >= 15 is 0 Å². The first kappa shape index (κ1) is 46.9. The van der Waals surface area contributed by atoms with Crippen molar-refractivity contribution in [1.82, 2.24) is 26.6 Å². The third kappa shape index (κ3) is 21.9. The van der Waals surface area contributed by atoms with Crippen LogP contribution in [0.25, 0.3) is 0 Å². The Labute approximate surface area is 308 Å². The van der Waals surface area contributed by atoms with E-state index in [1.165, 1.54) is 6.92 Å². The quantitative estimate of drug-likeness (QED) is 0.0161. The normalized spacial score (nSPS) is 13.4. The van der Waals surface area contributed by atoms with Crippen LogP contribution in [0.1, 0.15) is 64.7 Å². The average Bonchev–Trinajstić information content (AvgIpc) is 3.06. The molecule has 0 aromatic rings. The molecule has 0 aromatic carbocycles. The molecule has 0 aliphatic rings. The molecule has 22 nitrogen and oxygen atoms in total. The summed E-state index contributed by atoms with van der Waals surface area (Å²) in [5, 5.41) is 12.9. The Balaban J connectivity index is 6.37. The molecule has 0 radical (unpaired) electrons. The number of rotatable bonds is 27. The number of carbonyl (C=O) groups is 6. The van der Waals surface area contributed by atoms with Crippen LogP contribution in [0.3, 0.4) is 0 Å². The molecule has 0 fully saturated rings. The van der Waals surface area contributed by atoms with E-state index in [9.17, 15) is 28.8 Å². The minimum absolute atomic E-state index is 0.000480. The van der Waals surface area contributed by atoms with Crippen molar-refractivity contribution in [3.63, 3.8) is 0 Å². The van der Waals surface area contributed by atoms with Crippen LogP contribution in [0.15, 0.2) is 15.0 Å². The number of primary amides is 1. The smallest absolute Gasteiger partial charge is 0.244 e. The number of amides is 6. The Morgan fingerprint density at radius 1 is 0.500 bits per heavy atom. The highest BCUT2D eigenvalue weighted by atomic mass is 32.1. The molecular weight excluding hydrogens is 700 g/mol. The van der Waals surface area contributed by atoms with Crippen molar-refractivity contribution < 1.29 is 28.8 Å². The maximum atomic E-state index is 13.8. The van der Waals surface area contributed by atoms with Gasteiger partial charge in [-0.1, -0.05) is 0 Å². The first-order chi connectivity index (χ1) is 24.5. The van der Waals surface area contributed by atoms with Crippen LogP contribution in [0.4, 0.5) is 0 Å². The number of unbranched alkanes of at least 4 members (excludes halogenated alkanes) is 1. The molecule has 0 heterocycles. The summed E-state index contributed by atoms with van der Waals surface area (Å²) in [6.45, 7) is 1.96. The third-order valence-corrected chi connectivity index (χ3v) is 7.58. The van der Waals surface area contributed by atoms with Gasteiger partial charge >= 0.3 is 0 Å². The maximum Gasteiger partial charge on any atom is 0.244 e. The van der Waals surface area contributed by atoms with Crippen molar-refractivity contribution >= 4 is 66.0 Å². The molecular formula is C29H58N16O6S. The number of nitrogens with one attached hydrogen (secondary N) is 5. The van der Waals surface area contributed by atoms with Gasteiger partial charge in [0.2, 0.25) is 35.4 Å². The SMILES string of the molecule is CC(=O)NC(CS)C(=O)NC(CCCN=C(N)N)C(=O)NC(CCCN=C(N)N)C(=O)NC(CCCN=C(N)N)C(=O)NC(CCCCN)C(N)=O. The Morgan fingerprint density at radius 2 is 0.827 bits per heavy atom. The van der Waals surface area contributed by atoms with E-state index < -0.39 is 65.7 Å². The van der Waals surface area contributed by atoms with Crippen LogP contribution in [-0.2, 0) is 28.8 Å². The molecule has 52 heavy (non-hydrogen) atoms. The molecule has 296 valence electrons. The van der Waals surface area contributed by atoms with Gasteiger partial charge in [-0.15, -0.1) is 0 Å². The average molecular weight is 759 g/mol. The zero-order valence-corrected chi connectivity index (χ0v) is 30.5. The summed E-state index contributed by atoms with van der Waals surface area (Å²) in [7, 11) is 0. The molecule has 0 saturated heterocycles. The van der Waals surface area contributed by atoms with E-state index in [2.05, 4.69) is 54.2 Å². The first-order valence-electron chi connectivity index (χ1n) is 16.8. The number of guanidine groups is 3. The fourth-order valence-electron chi connectivity index (χ4n) is 4.62. The number of hydrogen-bond donors (Lipinski definition) is 14. The zero-order valence-electron chi connectivity index (χ0n) is 29.6. The lowest BCUT2D eigenvalue weighted by Crippen LogP contribution is -2.59.